The Hall–Kier alpha value is -1.78. The molecular formula is C12H10N2NiO3. The minimum absolute atomic E-state index is 0. The van der Waals surface area contributed by atoms with Crippen molar-refractivity contribution in [1.29, 1.82) is 0 Å². The Morgan fingerprint density at radius 1 is 1.00 bits per heavy atom. The van der Waals surface area contributed by atoms with Crippen LogP contribution < -0.4 is 10.2 Å². The molecule has 0 aliphatic rings. The number of carbonyl (C=O) groups is 1. The predicted molar refractivity (Wildman–Crippen MR) is 57.3 cm³/mol. The van der Waals surface area contributed by atoms with E-state index in [4.69, 9.17) is 15.0 Å². The Morgan fingerprint density at radius 3 is 1.61 bits per heavy atom. The summed E-state index contributed by atoms with van der Waals surface area (Å²) < 4.78 is 0. The third-order valence-corrected chi connectivity index (χ3v) is 1.71. The van der Waals surface area contributed by atoms with Gasteiger partial charge in [-0.2, -0.15) is 0 Å². The van der Waals surface area contributed by atoms with Gasteiger partial charge in [0.05, 0.1) is 11.4 Å². The van der Waals surface area contributed by atoms with Crippen molar-refractivity contribution in [2.45, 2.75) is 0 Å². The van der Waals surface area contributed by atoms with Gasteiger partial charge in [-0.1, -0.05) is 18.7 Å². The number of nitrogens with zero attached hydrogens (tertiary/aromatic N) is 2. The van der Waals surface area contributed by atoms with Gasteiger partial charge < -0.3 is 15.0 Å². The van der Waals surface area contributed by atoms with Gasteiger partial charge in [-0.15, -0.1) is 0 Å². The molecule has 0 atom stereocenters. The van der Waals surface area contributed by atoms with Crippen molar-refractivity contribution in [1.82, 2.24) is 9.97 Å². The monoisotopic (exact) mass is 288 g/mol. The Balaban J connectivity index is 0.000000421. The van der Waals surface area contributed by atoms with Gasteiger partial charge in [0, 0.05) is 18.4 Å². The molecule has 0 N–H and O–H groups in total. The smallest absolute Gasteiger partial charge is 0.850 e. The molecular weight excluding hydrogens is 279 g/mol. The first kappa shape index (κ1) is 16.2. The first-order valence-electron chi connectivity index (χ1n) is 4.84. The van der Waals surface area contributed by atoms with Gasteiger partial charge in [0.2, 0.25) is 0 Å². The largest absolute Gasteiger partial charge is 2.00 e. The summed E-state index contributed by atoms with van der Waals surface area (Å²) in [5.74, 6) is -1.55. The van der Waals surface area contributed by atoms with Crippen LogP contribution in [0.3, 0.4) is 0 Å². The van der Waals surface area contributed by atoms with E-state index in [1.165, 1.54) is 0 Å². The van der Waals surface area contributed by atoms with E-state index in [-0.39, 0.29) is 16.5 Å². The fourth-order valence-corrected chi connectivity index (χ4v) is 1.03. The molecule has 0 amide bonds. The molecule has 0 fully saturated rings. The SMILES string of the molecule is O=C([O-])C[O-].[Ni+2].c1ccc(-c2ccccn2)nc1. The third kappa shape index (κ3) is 6.08. The van der Waals surface area contributed by atoms with Gasteiger partial charge in [0.25, 0.3) is 0 Å². The minimum Gasteiger partial charge on any atom is -0.850 e. The van der Waals surface area contributed by atoms with Crippen LogP contribution in [-0.2, 0) is 21.3 Å². The number of hydrogen-bond acceptors (Lipinski definition) is 5. The molecule has 96 valence electrons. The number of hydrogen-bond donors (Lipinski definition) is 0. The maximum absolute atomic E-state index is 8.97. The molecule has 0 saturated carbocycles. The van der Waals surface area contributed by atoms with Crippen LogP contribution in [0.25, 0.3) is 11.4 Å². The molecule has 6 heteroatoms. The molecule has 0 aromatic carbocycles. The summed E-state index contributed by atoms with van der Waals surface area (Å²) >= 11 is 0. The number of pyridine rings is 2. The number of aromatic nitrogens is 2. The van der Waals surface area contributed by atoms with E-state index in [0.717, 1.165) is 11.4 Å². The van der Waals surface area contributed by atoms with E-state index in [1.807, 2.05) is 36.4 Å². The normalized spacial score (nSPS) is 8.50. The summed E-state index contributed by atoms with van der Waals surface area (Å²) in [6.07, 6.45) is 3.54. The first-order valence-corrected chi connectivity index (χ1v) is 4.84. The third-order valence-electron chi connectivity index (χ3n) is 1.71. The van der Waals surface area contributed by atoms with Crippen LogP contribution in [0.15, 0.2) is 48.8 Å². The zero-order valence-electron chi connectivity index (χ0n) is 9.26. The van der Waals surface area contributed by atoms with Gasteiger partial charge in [-0.05, 0) is 24.3 Å². The van der Waals surface area contributed by atoms with Gasteiger partial charge >= 0.3 is 16.5 Å². The van der Waals surface area contributed by atoms with Crippen molar-refractivity contribution >= 4 is 5.97 Å². The summed E-state index contributed by atoms with van der Waals surface area (Å²) in [7, 11) is 0. The Morgan fingerprint density at radius 2 is 1.39 bits per heavy atom. The van der Waals surface area contributed by atoms with E-state index in [0.29, 0.717) is 0 Å². The number of rotatable bonds is 2. The van der Waals surface area contributed by atoms with Gasteiger partial charge in [-0.25, -0.2) is 0 Å². The second kappa shape index (κ2) is 9.27. The average molecular weight is 289 g/mol. The average Bonchev–Trinajstić information content (AvgIpc) is 2.41. The maximum atomic E-state index is 8.97. The van der Waals surface area contributed by atoms with E-state index in [2.05, 4.69) is 9.97 Å². The topological polar surface area (TPSA) is 89.0 Å². The Bertz CT molecular complexity index is 414. The van der Waals surface area contributed by atoms with Crippen molar-refractivity contribution in [3.63, 3.8) is 0 Å². The number of carbonyl (C=O) groups excluding carboxylic acids is 1. The van der Waals surface area contributed by atoms with Crippen LogP contribution in [0.1, 0.15) is 0 Å². The molecule has 5 nitrogen and oxygen atoms in total. The zero-order valence-corrected chi connectivity index (χ0v) is 10.2. The summed E-state index contributed by atoms with van der Waals surface area (Å²) in [4.78, 5) is 17.3. The molecule has 2 aromatic rings. The molecule has 0 aliphatic carbocycles. The maximum Gasteiger partial charge on any atom is 2.00 e. The fraction of sp³-hybridized carbons (Fsp3) is 0.0833. The van der Waals surface area contributed by atoms with Crippen LogP contribution in [0.4, 0.5) is 0 Å². The summed E-state index contributed by atoms with van der Waals surface area (Å²) in [5.41, 5.74) is 1.83. The van der Waals surface area contributed by atoms with Crippen molar-refractivity contribution < 1.29 is 31.5 Å². The molecule has 2 aromatic heterocycles. The van der Waals surface area contributed by atoms with Crippen LogP contribution in [0.2, 0.25) is 0 Å². The van der Waals surface area contributed by atoms with Crippen LogP contribution >= 0.6 is 0 Å². The summed E-state index contributed by atoms with van der Waals surface area (Å²) in [5, 5.41) is 17.9. The molecule has 0 aliphatic heterocycles. The standard InChI is InChI=1S/C10H8N2.C2H3O3.Ni/c1-3-7-11-9(5-1)10-6-2-4-8-12-10;3-1-2(4)5;/h1-8H;1H2,(H,4,5);/q;-1;+2/p-1. The predicted octanol–water partition coefficient (Wildman–Crippen LogP) is -0.762. The minimum atomic E-state index is -1.55. The summed E-state index contributed by atoms with van der Waals surface area (Å²) in [6, 6.07) is 11.6. The van der Waals surface area contributed by atoms with Gasteiger partial charge in [0.1, 0.15) is 0 Å². The second-order valence-corrected chi connectivity index (χ2v) is 2.95. The van der Waals surface area contributed by atoms with E-state index >= 15 is 0 Å². The zero-order chi connectivity index (χ0) is 12.5. The quantitative estimate of drug-likeness (QED) is 0.678. The molecule has 2 heterocycles. The van der Waals surface area contributed by atoms with Crippen LogP contribution in [0.5, 0.6) is 0 Å². The first-order chi connectivity index (χ1) is 8.24. The van der Waals surface area contributed by atoms with E-state index in [9.17, 15) is 0 Å². The Labute approximate surface area is 114 Å². The summed E-state index contributed by atoms with van der Waals surface area (Å²) in [6.45, 7) is -1.14. The van der Waals surface area contributed by atoms with Crippen molar-refractivity contribution in [3.8, 4) is 11.4 Å². The van der Waals surface area contributed by atoms with Crippen molar-refractivity contribution in [2.75, 3.05) is 6.61 Å². The number of carboxylic acid groups (broad SMARTS) is 1. The molecule has 0 unspecified atom stereocenters. The molecule has 0 bridgehead atoms. The fourth-order valence-electron chi connectivity index (χ4n) is 1.03. The molecule has 0 spiro atoms. The molecule has 0 radical (unpaired) electrons. The van der Waals surface area contributed by atoms with Crippen LogP contribution in [-0.4, -0.2) is 22.5 Å². The van der Waals surface area contributed by atoms with Crippen LogP contribution in [0, 0.1) is 0 Å². The van der Waals surface area contributed by atoms with E-state index in [1.54, 1.807) is 12.4 Å². The molecule has 18 heavy (non-hydrogen) atoms. The number of aliphatic carboxylic acids is 1. The second-order valence-electron chi connectivity index (χ2n) is 2.95. The number of carboxylic acids is 1. The van der Waals surface area contributed by atoms with Crippen molar-refractivity contribution in [2.24, 2.45) is 0 Å². The Kier molecular flexibility index (Phi) is 8.36. The molecule has 0 saturated heterocycles. The van der Waals surface area contributed by atoms with Gasteiger partial charge in [0.15, 0.2) is 0 Å². The van der Waals surface area contributed by atoms with Gasteiger partial charge in [-0.3, -0.25) is 9.97 Å². The van der Waals surface area contributed by atoms with Crippen molar-refractivity contribution in [3.05, 3.63) is 48.8 Å². The van der Waals surface area contributed by atoms with E-state index < -0.39 is 12.6 Å². The molecule has 2 rings (SSSR count).